The summed E-state index contributed by atoms with van der Waals surface area (Å²) in [6.07, 6.45) is 1.27. The molecule has 1 aromatic rings. The predicted octanol–water partition coefficient (Wildman–Crippen LogP) is 3.77. The smallest absolute Gasteiger partial charge is 0.0136 e. The van der Waals surface area contributed by atoms with Crippen LogP contribution in [0.5, 0.6) is 0 Å². The van der Waals surface area contributed by atoms with Crippen LogP contribution >= 0.6 is 11.8 Å². The van der Waals surface area contributed by atoms with E-state index in [0.29, 0.717) is 5.92 Å². The maximum Gasteiger partial charge on any atom is 0.0136 e. The van der Waals surface area contributed by atoms with E-state index in [2.05, 4.69) is 32.9 Å². The number of fused-ring (bicyclic) bond motifs is 1. The molecule has 2 rings (SSSR count). The van der Waals surface area contributed by atoms with Gasteiger partial charge in [0, 0.05) is 10.6 Å². The van der Waals surface area contributed by atoms with Crippen LogP contribution in [-0.2, 0) is 6.42 Å². The molecule has 0 atom stereocenters. The lowest BCUT2D eigenvalue weighted by atomic mass is 9.94. The summed E-state index contributed by atoms with van der Waals surface area (Å²) < 4.78 is 0. The molecule has 0 bridgehead atoms. The van der Waals surface area contributed by atoms with E-state index in [0.717, 1.165) is 0 Å². The van der Waals surface area contributed by atoms with Crippen molar-refractivity contribution in [2.45, 2.75) is 38.0 Å². The van der Waals surface area contributed by atoms with Crippen LogP contribution in [0.1, 0.15) is 36.5 Å². The van der Waals surface area contributed by atoms with Gasteiger partial charge in [0.25, 0.3) is 0 Å². The molecule has 1 heteroatoms. The molecule has 1 aliphatic rings. The first-order valence-electron chi connectivity index (χ1n) is 4.95. The molecule has 0 saturated carbocycles. The Hall–Kier alpha value is -0.430. The monoisotopic (exact) mass is 192 g/mol. The van der Waals surface area contributed by atoms with Crippen molar-refractivity contribution in [3.05, 3.63) is 28.8 Å². The Bertz CT molecular complexity index is 326. The third kappa shape index (κ3) is 1.50. The average molecular weight is 192 g/mol. The topological polar surface area (TPSA) is 0 Å². The zero-order valence-electron chi connectivity index (χ0n) is 8.55. The van der Waals surface area contributed by atoms with Crippen molar-refractivity contribution in [1.82, 2.24) is 0 Å². The fourth-order valence-corrected chi connectivity index (χ4v) is 3.22. The first-order chi connectivity index (χ1) is 6.20. The van der Waals surface area contributed by atoms with E-state index in [1.165, 1.54) is 17.7 Å². The lowest BCUT2D eigenvalue weighted by Gasteiger charge is -2.12. The number of hydrogen-bond acceptors (Lipinski definition) is 1. The molecule has 0 aromatic heterocycles. The summed E-state index contributed by atoms with van der Waals surface area (Å²) in [5, 5.41) is 0. The first-order valence-corrected chi connectivity index (χ1v) is 5.94. The van der Waals surface area contributed by atoms with E-state index in [1.54, 1.807) is 16.0 Å². The molecule has 1 heterocycles. The standard InChI is InChI=1S/C12H16S/c1-8(2)10-5-4-9(3)12-11(10)6-7-13-12/h4-5,8H,6-7H2,1-3H3. The highest BCUT2D eigenvalue weighted by molar-refractivity contribution is 7.99. The highest BCUT2D eigenvalue weighted by atomic mass is 32.2. The summed E-state index contributed by atoms with van der Waals surface area (Å²) in [7, 11) is 0. The fraction of sp³-hybridized carbons (Fsp3) is 0.500. The molecule has 70 valence electrons. The van der Waals surface area contributed by atoms with Crippen LogP contribution in [0.3, 0.4) is 0 Å². The number of rotatable bonds is 1. The zero-order chi connectivity index (χ0) is 9.42. The lowest BCUT2D eigenvalue weighted by Crippen LogP contribution is -1.96. The van der Waals surface area contributed by atoms with Crippen molar-refractivity contribution >= 4 is 11.8 Å². The Kier molecular flexibility index (Phi) is 2.37. The van der Waals surface area contributed by atoms with Gasteiger partial charge in [0.05, 0.1) is 0 Å². The van der Waals surface area contributed by atoms with Gasteiger partial charge in [0.2, 0.25) is 0 Å². The normalized spacial score (nSPS) is 15.1. The molecule has 0 N–H and O–H groups in total. The van der Waals surface area contributed by atoms with Crippen molar-refractivity contribution in [2.24, 2.45) is 0 Å². The van der Waals surface area contributed by atoms with Crippen molar-refractivity contribution in [1.29, 1.82) is 0 Å². The molecule has 0 spiro atoms. The Labute approximate surface area is 84.7 Å². The predicted molar refractivity (Wildman–Crippen MR) is 59.7 cm³/mol. The van der Waals surface area contributed by atoms with Crippen LogP contribution in [0.4, 0.5) is 0 Å². The molecule has 1 aliphatic heterocycles. The summed E-state index contributed by atoms with van der Waals surface area (Å²) in [6.45, 7) is 6.79. The molecule has 0 unspecified atom stereocenters. The SMILES string of the molecule is Cc1ccc(C(C)C)c2c1SCC2. The number of aryl methyl sites for hydroxylation is 1. The van der Waals surface area contributed by atoms with Gasteiger partial charge in [-0.25, -0.2) is 0 Å². The van der Waals surface area contributed by atoms with Crippen LogP contribution in [0.25, 0.3) is 0 Å². The maximum atomic E-state index is 2.31. The first kappa shape index (κ1) is 9.14. The molecular weight excluding hydrogens is 176 g/mol. The molecule has 13 heavy (non-hydrogen) atoms. The number of thioether (sulfide) groups is 1. The van der Waals surface area contributed by atoms with Crippen molar-refractivity contribution in [2.75, 3.05) is 5.75 Å². The van der Waals surface area contributed by atoms with Crippen molar-refractivity contribution in [3.8, 4) is 0 Å². The van der Waals surface area contributed by atoms with Gasteiger partial charge in [0.1, 0.15) is 0 Å². The van der Waals surface area contributed by atoms with Gasteiger partial charge in [-0.05, 0) is 36.0 Å². The van der Waals surface area contributed by atoms with Gasteiger partial charge in [-0.1, -0.05) is 26.0 Å². The zero-order valence-corrected chi connectivity index (χ0v) is 9.37. The minimum atomic E-state index is 0.674. The van der Waals surface area contributed by atoms with Crippen LogP contribution in [0, 0.1) is 6.92 Å². The summed E-state index contributed by atoms with van der Waals surface area (Å²) in [5.74, 6) is 1.95. The average Bonchev–Trinajstić information content (AvgIpc) is 2.53. The molecule has 0 fully saturated rings. The van der Waals surface area contributed by atoms with E-state index in [-0.39, 0.29) is 0 Å². The van der Waals surface area contributed by atoms with Crippen LogP contribution < -0.4 is 0 Å². The van der Waals surface area contributed by atoms with Gasteiger partial charge in [-0.3, -0.25) is 0 Å². The van der Waals surface area contributed by atoms with Gasteiger partial charge in [-0.2, -0.15) is 0 Å². The number of hydrogen-bond donors (Lipinski definition) is 0. The van der Waals surface area contributed by atoms with Crippen LogP contribution in [0.15, 0.2) is 17.0 Å². The van der Waals surface area contributed by atoms with Crippen molar-refractivity contribution in [3.63, 3.8) is 0 Å². The minimum Gasteiger partial charge on any atom is -0.125 e. The lowest BCUT2D eigenvalue weighted by molar-refractivity contribution is 0.838. The summed E-state index contributed by atoms with van der Waals surface area (Å²) >= 11 is 2.03. The Balaban J connectivity index is 2.56. The third-order valence-electron chi connectivity index (χ3n) is 2.71. The molecule has 0 amide bonds. The quantitative estimate of drug-likeness (QED) is 0.652. The van der Waals surface area contributed by atoms with Crippen LogP contribution in [0.2, 0.25) is 0 Å². The van der Waals surface area contributed by atoms with E-state index in [1.807, 2.05) is 11.8 Å². The maximum absolute atomic E-state index is 2.31. The summed E-state index contributed by atoms with van der Waals surface area (Å²) in [6, 6.07) is 4.58. The Morgan fingerprint density at radius 2 is 2.08 bits per heavy atom. The fourth-order valence-electron chi connectivity index (χ4n) is 2.02. The highest BCUT2D eigenvalue weighted by Crippen LogP contribution is 2.38. The third-order valence-corrected chi connectivity index (χ3v) is 3.98. The second-order valence-electron chi connectivity index (χ2n) is 4.03. The molecule has 1 aromatic carbocycles. The Morgan fingerprint density at radius 1 is 1.31 bits per heavy atom. The van der Waals surface area contributed by atoms with E-state index < -0.39 is 0 Å². The van der Waals surface area contributed by atoms with Gasteiger partial charge >= 0.3 is 0 Å². The van der Waals surface area contributed by atoms with Crippen LogP contribution in [-0.4, -0.2) is 5.75 Å². The summed E-state index contributed by atoms with van der Waals surface area (Å²) in [4.78, 5) is 1.56. The van der Waals surface area contributed by atoms with Gasteiger partial charge < -0.3 is 0 Å². The largest absolute Gasteiger partial charge is 0.125 e. The summed E-state index contributed by atoms with van der Waals surface area (Å²) in [5.41, 5.74) is 4.65. The van der Waals surface area contributed by atoms with Gasteiger partial charge in [0.15, 0.2) is 0 Å². The number of benzene rings is 1. The van der Waals surface area contributed by atoms with E-state index in [9.17, 15) is 0 Å². The molecular formula is C12H16S. The van der Waals surface area contributed by atoms with Gasteiger partial charge in [-0.15, -0.1) is 11.8 Å². The van der Waals surface area contributed by atoms with Crippen molar-refractivity contribution < 1.29 is 0 Å². The molecule has 0 radical (unpaired) electrons. The second kappa shape index (κ2) is 3.38. The second-order valence-corrected chi connectivity index (χ2v) is 5.14. The molecule has 0 nitrogen and oxygen atoms in total. The molecule has 0 saturated heterocycles. The minimum absolute atomic E-state index is 0.674. The van der Waals surface area contributed by atoms with E-state index in [4.69, 9.17) is 0 Å². The van der Waals surface area contributed by atoms with E-state index >= 15 is 0 Å². The molecule has 0 aliphatic carbocycles. The highest BCUT2D eigenvalue weighted by Gasteiger charge is 2.18. The Morgan fingerprint density at radius 3 is 2.77 bits per heavy atom.